The van der Waals surface area contributed by atoms with Crippen molar-refractivity contribution in [2.24, 2.45) is 0 Å². The molecule has 0 N–H and O–H groups in total. The third kappa shape index (κ3) is 3.85. The van der Waals surface area contributed by atoms with Crippen LogP contribution in [0, 0.1) is 0 Å². The second-order valence-electron chi connectivity index (χ2n) is 7.89. The van der Waals surface area contributed by atoms with Crippen molar-refractivity contribution in [3.8, 4) is 11.3 Å². The summed E-state index contributed by atoms with van der Waals surface area (Å²) < 4.78 is 0. The molecule has 2 amide bonds. The fourth-order valence-electron chi connectivity index (χ4n) is 4.16. The van der Waals surface area contributed by atoms with Crippen molar-refractivity contribution in [3.05, 3.63) is 102 Å². The van der Waals surface area contributed by atoms with E-state index in [1.54, 1.807) is 0 Å². The van der Waals surface area contributed by atoms with Gasteiger partial charge in [0.25, 0.3) is 11.8 Å². The van der Waals surface area contributed by atoms with Crippen LogP contribution in [0.1, 0.15) is 20.7 Å². The quantitative estimate of drug-likeness (QED) is 0.489. The van der Waals surface area contributed by atoms with Gasteiger partial charge in [-0.15, -0.1) is 0 Å². The van der Waals surface area contributed by atoms with Gasteiger partial charge in [-0.1, -0.05) is 66.7 Å². The number of hydrogen-bond donors (Lipinski definition) is 0. The molecule has 158 valence electrons. The van der Waals surface area contributed by atoms with Crippen LogP contribution in [-0.2, 0) is 0 Å². The standard InChI is InChI=1S/C27H23N3O2/c31-26(21-11-5-2-6-12-21)29-15-17-30(18-16-29)27(32)23-19-25(20-9-3-1-4-10-20)28-24-14-8-7-13-22(23)24/h1-14,19H,15-18H2. The minimum atomic E-state index is -0.0207. The summed E-state index contributed by atoms with van der Waals surface area (Å²) in [7, 11) is 0. The monoisotopic (exact) mass is 421 g/mol. The first-order chi connectivity index (χ1) is 15.7. The van der Waals surface area contributed by atoms with Gasteiger partial charge in [0.05, 0.1) is 16.8 Å². The first kappa shape index (κ1) is 19.9. The van der Waals surface area contributed by atoms with Crippen LogP contribution in [0.4, 0.5) is 0 Å². The van der Waals surface area contributed by atoms with Gasteiger partial charge >= 0.3 is 0 Å². The summed E-state index contributed by atoms with van der Waals surface area (Å²) in [5.41, 5.74) is 3.89. The number of carbonyl (C=O) groups excluding carboxylic acids is 2. The number of nitrogens with zero attached hydrogens (tertiary/aromatic N) is 3. The maximum Gasteiger partial charge on any atom is 0.254 e. The van der Waals surface area contributed by atoms with Gasteiger partial charge in [-0.3, -0.25) is 9.59 Å². The second kappa shape index (κ2) is 8.63. The number of rotatable bonds is 3. The third-order valence-corrected chi connectivity index (χ3v) is 5.89. The minimum Gasteiger partial charge on any atom is -0.335 e. The van der Waals surface area contributed by atoms with E-state index in [9.17, 15) is 9.59 Å². The summed E-state index contributed by atoms with van der Waals surface area (Å²) in [6.07, 6.45) is 0. The highest BCUT2D eigenvalue weighted by Crippen LogP contribution is 2.26. The van der Waals surface area contributed by atoms with Crippen molar-refractivity contribution in [2.45, 2.75) is 0 Å². The molecule has 2 heterocycles. The van der Waals surface area contributed by atoms with E-state index in [1.165, 1.54) is 0 Å². The molecule has 0 atom stereocenters. The number of para-hydroxylation sites is 1. The summed E-state index contributed by atoms with van der Waals surface area (Å²) in [4.78, 5) is 34.7. The molecule has 5 heteroatoms. The number of benzene rings is 3. The molecule has 4 aromatic rings. The molecule has 0 saturated carbocycles. The van der Waals surface area contributed by atoms with Gasteiger partial charge in [0.2, 0.25) is 0 Å². The maximum absolute atomic E-state index is 13.5. The fourth-order valence-corrected chi connectivity index (χ4v) is 4.16. The number of amides is 2. The minimum absolute atomic E-state index is 0.0124. The molecule has 32 heavy (non-hydrogen) atoms. The topological polar surface area (TPSA) is 53.5 Å². The first-order valence-electron chi connectivity index (χ1n) is 10.8. The average molecular weight is 422 g/mol. The lowest BCUT2D eigenvalue weighted by Gasteiger charge is -2.35. The molecule has 0 bridgehead atoms. The first-order valence-corrected chi connectivity index (χ1v) is 10.8. The molecule has 1 saturated heterocycles. The van der Waals surface area contributed by atoms with Gasteiger partial charge in [-0.25, -0.2) is 4.98 Å². The Morgan fingerprint density at radius 3 is 1.91 bits per heavy atom. The average Bonchev–Trinajstić information content (AvgIpc) is 2.88. The molecule has 1 fully saturated rings. The van der Waals surface area contributed by atoms with Gasteiger partial charge in [-0.05, 0) is 24.3 Å². The molecule has 5 rings (SSSR count). The lowest BCUT2D eigenvalue weighted by Crippen LogP contribution is -2.50. The van der Waals surface area contributed by atoms with Gasteiger partial charge in [0.15, 0.2) is 0 Å². The number of pyridine rings is 1. The number of fused-ring (bicyclic) bond motifs is 1. The molecule has 0 aliphatic carbocycles. The Hall–Kier alpha value is -3.99. The highest BCUT2D eigenvalue weighted by atomic mass is 16.2. The van der Waals surface area contributed by atoms with E-state index in [-0.39, 0.29) is 11.8 Å². The summed E-state index contributed by atoms with van der Waals surface area (Å²) in [5.74, 6) is -0.00832. The van der Waals surface area contributed by atoms with Crippen molar-refractivity contribution in [1.82, 2.24) is 14.8 Å². The molecule has 0 unspecified atom stereocenters. The summed E-state index contributed by atoms with van der Waals surface area (Å²) in [6.45, 7) is 2.06. The van der Waals surface area contributed by atoms with E-state index < -0.39 is 0 Å². The van der Waals surface area contributed by atoms with Crippen molar-refractivity contribution in [3.63, 3.8) is 0 Å². The zero-order chi connectivity index (χ0) is 21.9. The lowest BCUT2D eigenvalue weighted by molar-refractivity contribution is 0.0536. The molecular weight excluding hydrogens is 398 g/mol. The van der Waals surface area contributed by atoms with E-state index in [4.69, 9.17) is 4.98 Å². The number of hydrogen-bond acceptors (Lipinski definition) is 3. The Bertz CT molecular complexity index is 1260. The molecule has 5 nitrogen and oxygen atoms in total. The van der Waals surface area contributed by atoms with Gasteiger partial charge in [0.1, 0.15) is 0 Å². The molecule has 1 aliphatic rings. The Morgan fingerprint density at radius 2 is 1.22 bits per heavy atom. The number of aromatic nitrogens is 1. The lowest BCUT2D eigenvalue weighted by atomic mass is 10.0. The molecule has 3 aromatic carbocycles. The van der Waals surface area contributed by atoms with E-state index in [0.717, 1.165) is 22.2 Å². The second-order valence-corrected chi connectivity index (χ2v) is 7.89. The fraction of sp³-hybridized carbons (Fsp3) is 0.148. The van der Waals surface area contributed by atoms with Crippen LogP contribution >= 0.6 is 0 Å². The van der Waals surface area contributed by atoms with Crippen molar-refractivity contribution >= 4 is 22.7 Å². The summed E-state index contributed by atoms with van der Waals surface area (Å²) in [5, 5.41) is 0.847. The van der Waals surface area contributed by atoms with Crippen molar-refractivity contribution in [2.75, 3.05) is 26.2 Å². The molecule has 0 spiro atoms. The van der Waals surface area contributed by atoms with Crippen molar-refractivity contribution in [1.29, 1.82) is 0 Å². The van der Waals surface area contributed by atoms with Crippen LogP contribution in [-0.4, -0.2) is 52.8 Å². The predicted molar refractivity (Wildman–Crippen MR) is 125 cm³/mol. The maximum atomic E-state index is 13.5. The number of carbonyl (C=O) groups is 2. The third-order valence-electron chi connectivity index (χ3n) is 5.89. The van der Waals surface area contributed by atoms with E-state index in [2.05, 4.69) is 0 Å². The van der Waals surface area contributed by atoms with Crippen LogP contribution in [0.2, 0.25) is 0 Å². The van der Waals surface area contributed by atoms with Crippen molar-refractivity contribution < 1.29 is 9.59 Å². The van der Waals surface area contributed by atoms with Gasteiger partial charge < -0.3 is 9.80 Å². The van der Waals surface area contributed by atoms with Crippen LogP contribution < -0.4 is 0 Å². The SMILES string of the molecule is O=C(c1ccccc1)N1CCN(C(=O)c2cc(-c3ccccc3)nc3ccccc23)CC1. The highest BCUT2D eigenvalue weighted by Gasteiger charge is 2.26. The van der Waals surface area contributed by atoms with Crippen LogP contribution in [0.15, 0.2) is 91.0 Å². The smallest absolute Gasteiger partial charge is 0.254 e. The van der Waals surface area contributed by atoms with E-state index >= 15 is 0 Å². The van der Waals surface area contributed by atoms with Crippen LogP contribution in [0.5, 0.6) is 0 Å². The summed E-state index contributed by atoms with van der Waals surface area (Å²) >= 11 is 0. The molecule has 1 aromatic heterocycles. The van der Waals surface area contributed by atoms with Gasteiger partial charge in [0, 0.05) is 42.7 Å². The highest BCUT2D eigenvalue weighted by molar-refractivity contribution is 6.07. The molecule has 0 radical (unpaired) electrons. The Morgan fingerprint density at radius 1 is 0.656 bits per heavy atom. The van der Waals surface area contributed by atoms with E-state index in [1.807, 2.05) is 101 Å². The number of piperazine rings is 1. The summed E-state index contributed by atoms with van der Waals surface area (Å²) in [6, 6.07) is 28.8. The molecular formula is C27H23N3O2. The normalized spacial score (nSPS) is 13.9. The van der Waals surface area contributed by atoms with Gasteiger partial charge in [-0.2, -0.15) is 0 Å². The zero-order valence-corrected chi connectivity index (χ0v) is 17.6. The van der Waals surface area contributed by atoms with E-state index in [0.29, 0.717) is 37.3 Å². The van der Waals surface area contributed by atoms with Crippen LogP contribution in [0.3, 0.4) is 0 Å². The zero-order valence-electron chi connectivity index (χ0n) is 17.6. The predicted octanol–water partition coefficient (Wildman–Crippen LogP) is 4.50. The largest absolute Gasteiger partial charge is 0.335 e. The Kier molecular flexibility index (Phi) is 5.38. The Labute approximate surface area is 186 Å². The van der Waals surface area contributed by atoms with Crippen LogP contribution in [0.25, 0.3) is 22.2 Å². The Balaban J connectivity index is 1.40. The molecule has 1 aliphatic heterocycles.